The first kappa shape index (κ1) is 22.2. The highest BCUT2D eigenvalue weighted by molar-refractivity contribution is 14.1. The number of unbranched alkanes of at least 4 members (excludes halogenated alkanes) is 3. The van der Waals surface area contributed by atoms with E-state index in [1.54, 1.807) is 0 Å². The Hall–Kier alpha value is -0.840. The summed E-state index contributed by atoms with van der Waals surface area (Å²) in [4.78, 5) is 10.6. The predicted octanol–water partition coefficient (Wildman–Crippen LogP) is 6.63. The van der Waals surface area contributed by atoms with Crippen LogP contribution in [0.15, 0.2) is 48.6 Å². The molecule has 3 heteroatoms. The number of halogens is 1. The van der Waals surface area contributed by atoms with Gasteiger partial charge < -0.3 is 5.11 Å². The molecule has 0 aromatic heterocycles. The van der Waals surface area contributed by atoms with Crippen molar-refractivity contribution in [2.75, 3.05) is 0 Å². The summed E-state index contributed by atoms with van der Waals surface area (Å²) in [5, 5.41) is 8.75. The van der Waals surface area contributed by atoms with E-state index in [1.165, 1.54) is 25.7 Å². The van der Waals surface area contributed by atoms with Crippen molar-refractivity contribution >= 4 is 28.6 Å². The molecule has 0 amide bonds. The third-order valence-corrected chi connectivity index (χ3v) is 4.47. The Morgan fingerprint density at radius 2 is 1.35 bits per heavy atom. The number of allylic oxidation sites excluding steroid dienone is 8. The van der Waals surface area contributed by atoms with Crippen molar-refractivity contribution in [2.45, 2.75) is 68.6 Å². The van der Waals surface area contributed by atoms with Gasteiger partial charge in [0.05, 0.1) is 0 Å². The van der Waals surface area contributed by atoms with E-state index < -0.39 is 5.97 Å². The third kappa shape index (κ3) is 17.3. The smallest absolute Gasteiger partial charge is 0.316 e. The molecule has 0 aliphatic heterocycles. The van der Waals surface area contributed by atoms with Gasteiger partial charge in [-0.2, -0.15) is 0 Å². The monoisotopic (exact) mass is 430 g/mol. The van der Waals surface area contributed by atoms with Crippen LogP contribution in [0.3, 0.4) is 0 Å². The van der Waals surface area contributed by atoms with E-state index in [0.717, 1.165) is 25.7 Å². The van der Waals surface area contributed by atoms with E-state index >= 15 is 0 Å². The molecule has 1 unspecified atom stereocenters. The molecule has 0 saturated heterocycles. The van der Waals surface area contributed by atoms with Crippen molar-refractivity contribution in [3.8, 4) is 0 Å². The zero-order valence-electron chi connectivity index (χ0n) is 14.3. The van der Waals surface area contributed by atoms with Crippen LogP contribution in [-0.2, 0) is 4.79 Å². The summed E-state index contributed by atoms with van der Waals surface area (Å²) in [5.41, 5.74) is 0. The first-order valence-corrected chi connectivity index (χ1v) is 9.89. The number of carboxylic acids is 1. The van der Waals surface area contributed by atoms with Crippen molar-refractivity contribution in [3.63, 3.8) is 0 Å². The maximum Gasteiger partial charge on any atom is 0.316 e. The van der Waals surface area contributed by atoms with E-state index in [9.17, 15) is 4.79 Å². The van der Waals surface area contributed by atoms with E-state index in [-0.39, 0.29) is 3.92 Å². The Morgan fingerprint density at radius 1 is 0.870 bits per heavy atom. The van der Waals surface area contributed by atoms with Gasteiger partial charge in [-0.05, 0) is 44.9 Å². The molecule has 0 radical (unpaired) electrons. The largest absolute Gasteiger partial charge is 0.480 e. The highest BCUT2D eigenvalue weighted by atomic mass is 127. The fourth-order valence-corrected chi connectivity index (χ4v) is 2.29. The average Bonchev–Trinajstić information content (AvgIpc) is 2.54. The topological polar surface area (TPSA) is 37.3 Å². The molecule has 0 aliphatic rings. The van der Waals surface area contributed by atoms with Crippen molar-refractivity contribution in [3.05, 3.63) is 48.6 Å². The number of hydrogen-bond donors (Lipinski definition) is 1. The molecule has 0 aliphatic carbocycles. The van der Waals surface area contributed by atoms with Crippen LogP contribution in [0.5, 0.6) is 0 Å². The minimum Gasteiger partial charge on any atom is -0.480 e. The molecular weight excluding hydrogens is 399 g/mol. The molecule has 1 atom stereocenters. The minimum atomic E-state index is -0.721. The summed E-state index contributed by atoms with van der Waals surface area (Å²) in [5.74, 6) is -0.721. The molecule has 130 valence electrons. The third-order valence-electron chi connectivity index (χ3n) is 3.31. The van der Waals surface area contributed by atoms with Gasteiger partial charge in [0.25, 0.3) is 0 Å². The quantitative estimate of drug-likeness (QED) is 0.145. The van der Waals surface area contributed by atoms with Crippen molar-refractivity contribution < 1.29 is 9.90 Å². The number of alkyl halides is 1. The average molecular weight is 430 g/mol. The highest BCUT2D eigenvalue weighted by Crippen LogP contribution is 2.09. The molecule has 0 aromatic carbocycles. The molecule has 2 nitrogen and oxygen atoms in total. The number of rotatable bonds is 14. The summed E-state index contributed by atoms with van der Waals surface area (Å²) in [6.45, 7) is 2.23. The van der Waals surface area contributed by atoms with Crippen LogP contribution < -0.4 is 0 Å². The number of carboxylic acid groups (broad SMARTS) is 1. The summed E-state index contributed by atoms with van der Waals surface area (Å²) in [7, 11) is 0. The lowest BCUT2D eigenvalue weighted by Crippen LogP contribution is -2.11. The fourth-order valence-electron chi connectivity index (χ4n) is 1.93. The first-order valence-electron chi connectivity index (χ1n) is 8.65. The standard InChI is InChI=1S/C20H31IO2/c1-2-3-4-5-6-7-8-9-10-11-12-13-14-15-16-17-18-19(21)20(22)23/h6-7,9-10,12-13,15-16,19H,2-5,8,11,14,17-18H2,1H3,(H,22,23). The van der Waals surface area contributed by atoms with E-state index in [4.69, 9.17) is 5.11 Å². The van der Waals surface area contributed by atoms with Crippen molar-refractivity contribution in [1.82, 2.24) is 0 Å². The Balaban J connectivity index is 3.49. The van der Waals surface area contributed by atoms with Crippen molar-refractivity contribution in [2.24, 2.45) is 0 Å². The second-order valence-electron chi connectivity index (χ2n) is 5.47. The highest BCUT2D eigenvalue weighted by Gasteiger charge is 2.10. The Bertz CT molecular complexity index is 394. The molecule has 0 saturated carbocycles. The number of hydrogen-bond acceptors (Lipinski definition) is 1. The SMILES string of the molecule is CCCCCC=CCC=CCC=CCC=CCCC(I)C(=O)O. The number of carbonyl (C=O) groups is 1. The molecule has 0 fully saturated rings. The maximum absolute atomic E-state index is 10.6. The van der Waals surface area contributed by atoms with Crippen LogP contribution >= 0.6 is 22.6 Å². The fraction of sp³-hybridized carbons (Fsp3) is 0.550. The zero-order chi connectivity index (χ0) is 17.2. The second-order valence-corrected chi connectivity index (χ2v) is 6.98. The van der Waals surface area contributed by atoms with E-state index in [2.05, 4.69) is 55.5 Å². The molecule has 0 aromatic rings. The van der Waals surface area contributed by atoms with E-state index in [1.807, 2.05) is 22.6 Å². The van der Waals surface area contributed by atoms with Crippen LogP contribution in [-0.4, -0.2) is 15.0 Å². The van der Waals surface area contributed by atoms with Gasteiger partial charge in [-0.25, -0.2) is 0 Å². The lowest BCUT2D eigenvalue weighted by molar-refractivity contribution is -0.136. The van der Waals surface area contributed by atoms with Gasteiger partial charge >= 0.3 is 5.97 Å². The first-order chi connectivity index (χ1) is 11.2. The minimum absolute atomic E-state index is 0.279. The molecule has 23 heavy (non-hydrogen) atoms. The lowest BCUT2D eigenvalue weighted by Gasteiger charge is -1.99. The summed E-state index contributed by atoms with van der Waals surface area (Å²) in [6, 6.07) is 0. The molecule has 1 N–H and O–H groups in total. The zero-order valence-corrected chi connectivity index (χ0v) is 16.5. The van der Waals surface area contributed by atoms with Gasteiger partial charge in [0.15, 0.2) is 0 Å². The Morgan fingerprint density at radius 3 is 1.83 bits per heavy atom. The molecule has 0 bridgehead atoms. The maximum atomic E-state index is 10.6. The van der Waals surface area contributed by atoms with Gasteiger partial charge in [-0.3, -0.25) is 4.79 Å². The van der Waals surface area contributed by atoms with Crippen LogP contribution in [0.25, 0.3) is 0 Å². The van der Waals surface area contributed by atoms with E-state index in [0.29, 0.717) is 6.42 Å². The second kappa shape index (κ2) is 17.5. The summed E-state index contributed by atoms with van der Waals surface area (Å²) in [6.07, 6.45) is 27.0. The van der Waals surface area contributed by atoms with Gasteiger partial charge in [0.2, 0.25) is 0 Å². The lowest BCUT2D eigenvalue weighted by atomic mass is 10.2. The summed E-state index contributed by atoms with van der Waals surface area (Å²) >= 11 is 1.97. The molecule has 0 spiro atoms. The van der Waals surface area contributed by atoms with Gasteiger partial charge in [0, 0.05) is 0 Å². The molecular formula is C20H31IO2. The molecule has 0 heterocycles. The van der Waals surface area contributed by atoms with Crippen LogP contribution in [0, 0.1) is 0 Å². The Labute approximate surface area is 155 Å². The van der Waals surface area contributed by atoms with Gasteiger partial charge in [-0.15, -0.1) is 0 Å². The van der Waals surface area contributed by atoms with Crippen LogP contribution in [0.4, 0.5) is 0 Å². The number of aliphatic carboxylic acids is 1. The molecule has 0 rings (SSSR count). The Kier molecular flexibility index (Phi) is 16.9. The van der Waals surface area contributed by atoms with Crippen molar-refractivity contribution in [1.29, 1.82) is 0 Å². The van der Waals surface area contributed by atoms with Crippen LogP contribution in [0.1, 0.15) is 64.7 Å². The van der Waals surface area contributed by atoms with Gasteiger partial charge in [0.1, 0.15) is 3.92 Å². The summed E-state index contributed by atoms with van der Waals surface area (Å²) < 4.78 is -0.279. The van der Waals surface area contributed by atoms with Gasteiger partial charge in [-0.1, -0.05) is 91.0 Å². The predicted molar refractivity (Wildman–Crippen MR) is 109 cm³/mol. The normalized spacial score (nSPS) is 13.8. The van der Waals surface area contributed by atoms with Crippen LogP contribution in [0.2, 0.25) is 0 Å².